The third-order valence-corrected chi connectivity index (χ3v) is 3.87. The summed E-state index contributed by atoms with van der Waals surface area (Å²) < 4.78 is 0. The zero-order valence-corrected chi connectivity index (χ0v) is 8.97. The van der Waals surface area contributed by atoms with Crippen LogP contribution < -0.4 is 0 Å². The second-order valence-electron chi connectivity index (χ2n) is 4.26. The van der Waals surface area contributed by atoms with Crippen molar-refractivity contribution < 1.29 is 0 Å². The standard InChI is InChI=1S/C12H18S/c13-12-9-5-4-8-11(12)10-6-2-1-3-7-10/h4-5,9-11,13H,1-3,6-8H2. The Labute approximate surface area is 86.5 Å². The van der Waals surface area contributed by atoms with Gasteiger partial charge in [0.25, 0.3) is 0 Å². The molecule has 72 valence electrons. The maximum atomic E-state index is 4.58. The van der Waals surface area contributed by atoms with Crippen molar-refractivity contribution in [2.45, 2.75) is 38.5 Å². The van der Waals surface area contributed by atoms with E-state index in [9.17, 15) is 0 Å². The quantitative estimate of drug-likeness (QED) is 0.600. The molecule has 0 amide bonds. The first kappa shape index (κ1) is 9.39. The van der Waals surface area contributed by atoms with Crippen LogP contribution >= 0.6 is 12.6 Å². The van der Waals surface area contributed by atoms with Crippen molar-refractivity contribution in [1.82, 2.24) is 0 Å². The van der Waals surface area contributed by atoms with Gasteiger partial charge in [-0.25, -0.2) is 0 Å². The predicted molar refractivity (Wildman–Crippen MR) is 60.9 cm³/mol. The van der Waals surface area contributed by atoms with Crippen molar-refractivity contribution in [3.63, 3.8) is 0 Å². The normalized spacial score (nSPS) is 30.2. The molecule has 2 aliphatic carbocycles. The Kier molecular flexibility index (Phi) is 3.15. The van der Waals surface area contributed by atoms with Gasteiger partial charge in [-0.3, -0.25) is 0 Å². The van der Waals surface area contributed by atoms with E-state index in [2.05, 4.69) is 30.9 Å². The molecule has 0 spiro atoms. The minimum atomic E-state index is 0.744. The number of rotatable bonds is 1. The second kappa shape index (κ2) is 4.36. The van der Waals surface area contributed by atoms with Crippen LogP contribution in [0.25, 0.3) is 0 Å². The Morgan fingerprint density at radius 1 is 1.15 bits per heavy atom. The molecule has 0 N–H and O–H groups in total. The van der Waals surface area contributed by atoms with E-state index in [4.69, 9.17) is 0 Å². The maximum absolute atomic E-state index is 4.58. The number of hydrogen-bond acceptors (Lipinski definition) is 1. The average Bonchev–Trinajstić information content (AvgIpc) is 2.20. The van der Waals surface area contributed by atoms with E-state index in [1.165, 1.54) is 43.4 Å². The maximum Gasteiger partial charge on any atom is -0.00415 e. The Morgan fingerprint density at radius 3 is 2.62 bits per heavy atom. The molecule has 0 bridgehead atoms. The van der Waals surface area contributed by atoms with Gasteiger partial charge in [-0.15, -0.1) is 12.6 Å². The van der Waals surface area contributed by atoms with Crippen molar-refractivity contribution in [3.05, 3.63) is 23.1 Å². The molecule has 1 atom stereocenters. The topological polar surface area (TPSA) is 0 Å². The molecule has 13 heavy (non-hydrogen) atoms. The molecule has 1 heteroatoms. The minimum Gasteiger partial charge on any atom is -0.148 e. The van der Waals surface area contributed by atoms with Crippen LogP contribution in [0.2, 0.25) is 0 Å². The summed E-state index contributed by atoms with van der Waals surface area (Å²) in [4.78, 5) is 1.31. The molecule has 1 fully saturated rings. The van der Waals surface area contributed by atoms with E-state index in [-0.39, 0.29) is 0 Å². The summed E-state index contributed by atoms with van der Waals surface area (Å²) in [6.45, 7) is 0. The molecular weight excluding hydrogens is 176 g/mol. The van der Waals surface area contributed by atoms with Gasteiger partial charge in [0.1, 0.15) is 0 Å². The van der Waals surface area contributed by atoms with Gasteiger partial charge in [0.15, 0.2) is 0 Å². The fraction of sp³-hybridized carbons (Fsp3) is 0.667. The molecule has 0 saturated heterocycles. The Morgan fingerprint density at radius 2 is 1.92 bits per heavy atom. The zero-order valence-electron chi connectivity index (χ0n) is 8.08. The van der Waals surface area contributed by atoms with Gasteiger partial charge >= 0.3 is 0 Å². The first-order valence-corrected chi connectivity index (χ1v) is 5.88. The van der Waals surface area contributed by atoms with Crippen molar-refractivity contribution in [2.24, 2.45) is 11.8 Å². The largest absolute Gasteiger partial charge is 0.148 e. The van der Waals surface area contributed by atoms with E-state index >= 15 is 0 Å². The molecule has 0 radical (unpaired) electrons. The van der Waals surface area contributed by atoms with E-state index in [0.717, 1.165) is 11.8 Å². The molecule has 0 nitrogen and oxygen atoms in total. The van der Waals surface area contributed by atoms with Gasteiger partial charge in [0.2, 0.25) is 0 Å². The van der Waals surface area contributed by atoms with Gasteiger partial charge in [0.05, 0.1) is 0 Å². The van der Waals surface area contributed by atoms with Crippen LogP contribution in [-0.4, -0.2) is 0 Å². The predicted octanol–water partition coefficient (Wildman–Crippen LogP) is 3.96. The third kappa shape index (κ3) is 2.19. The van der Waals surface area contributed by atoms with Crippen LogP contribution in [-0.2, 0) is 0 Å². The summed E-state index contributed by atoms with van der Waals surface area (Å²) in [5.41, 5.74) is 0. The summed E-state index contributed by atoms with van der Waals surface area (Å²) in [7, 11) is 0. The summed E-state index contributed by atoms with van der Waals surface area (Å²) in [5, 5.41) is 0. The van der Waals surface area contributed by atoms with Crippen molar-refractivity contribution in [2.75, 3.05) is 0 Å². The Bertz CT molecular complexity index is 221. The molecule has 0 aromatic rings. The summed E-state index contributed by atoms with van der Waals surface area (Å²) in [5.74, 6) is 1.66. The van der Waals surface area contributed by atoms with E-state index < -0.39 is 0 Å². The van der Waals surface area contributed by atoms with E-state index in [1.807, 2.05) is 0 Å². The molecule has 0 aliphatic heterocycles. The monoisotopic (exact) mass is 194 g/mol. The van der Waals surface area contributed by atoms with Gasteiger partial charge in [0, 0.05) is 0 Å². The van der Waals surface area contributed by atoms with Crippen LogP contribution in [0, 0.1) is 11.8 Å². The molecule has 0 aromatic heterocycles. The highest BCUT2D eigenvalue weighted by Gasteiger charge is 2.24. The lowest BCUT2D eigenvalue weighted by molar-refractivity contribution is 0.283. The van der Waals surface area contributed by atoms with Crippen molar-refractivity contribution >= 4 is 12.6 Å². The first-order valence-electron chi connectivity index (χ1n) is 5.43. The Hall–Kier alpha value is -0.170. The highest BCUT2D eigenvalue weighted by molar-refractivity contribution is 7.84. The first-order chi connectivity index (χ1) is 6.38. The molecule has 1 saturated carbocycles. The zero-order chi connectivity index (χ0) is 9.10. The highest BCUT2D eigenvalue weighted by Crippen LogP contribution is 2.38. The van der Waals surface area contributed by atoms with Crippen LogP contribution in [0.3, 0.4) is 0 Å². The van der Waals surface area contributed by atoms with E-state index in [0.29, 0.717) is 0 Å². The van der Waals surface area contributed by atoms with Gasteiger partial charge in [-0.1, -0.05) is 37.5 Å². The smallest absolute Gasteiger partial charge is 0.00415 e. The van der Waals surface area contributed by atoms with Crippen LogP contribution in [0.5, 0.6) is 0 Å². The molecule has 2 rings (SSSR count). The lowest BCUT2D eigenvalue weighted by atomic mass is 9.77. The van der Waals surface area contributed by atoms with Gasteiger partial charge in [-0.2, -0.15) is 0 Å². The fourth-order valence-electron chi connectivity index (χ4n) is 2.61. The summed E-state index contributed by atoms with van der Waals surface area (Å²) in [6.07, 6.45) is 15.0. The lowest BCUT2D eigenvalue weighted by Gasteiger charge is -2.31. The van der Waals surface area contributed by atoms with Crippen LogP contribution in [0.4, 0.5) is 0 Å². The average molecular weight is 194 g/mol. The molecule has 2 aliphatic rings. The van der Waals surface area contributed by atoms with Crippen molar-refractivity contribution in [1.29, 1.82) is 0 Å². The molecule has 0 aromatic carbocycles. The Balaban J connectivity index is 1.99. The van der Waals surface area contributed by atoms with Gasteiger partial charge in [-0.05, 0) is 36.0 Å². The van der Waals surface area contributed by atoms with Crippen molar-refractivity contribution in [3.8, 4) is 0 Å². The lowest BCUT2D eigenvalue weighted by Crippen LogP contribution is -2.18. The molecular formula is C12H18S. The summed E-state index contributed by atoms with van der Waals surface area (Å²) >= 11 is 4.58. The number of thiol groups is 1. The summed E-state index contributed by atoms with van der Waals surface area (Å²) in [6, 6.07) is 0. The minimum absolute atomic E-state index is 0.744. The SMILES string of the molecule is SC1=CC=CCC1C1CCCCC1. The molecule has 1 unspecified atom stereocenters. The van der Waals surface area contributed by atoms with Gasteiger partial charge < -0.3 is 0 Å². The second-order valence-corrected chi connectivity index (χ2v) is 4.78. The molecule has 0 heterocycles. The highest BCUT2D eigenvalue weighted by atomic mass is 32.1. The number of hydrogen-bond donors (Lipinski definition) is 1. The van der Waals surface area contributed by atoms with Crippen LogP contribution in [0.15, 0.2) is 23.1 Å². The number of allylic oxidation sites excluding steroid dienone is 4. The fourth-order valence-corrected chi connectivity index (χ4v) is 3.01. The van der Waals surface area contributed by atoms with Crippen LogP contribution in [0.1, 0.15) is 38.5 Å². The third-order valence-electron chi connectivity index (χ3n) is 3.39. The van der Waals surface area contributed by atoms with E-state index in [1.54, 1.807) is 0 Å².